The van der Waals surface area contributed by atoms with Gasteiger partial charge < -0.3 is 14.8 Å². The van der Waals surface area contributed by atoms with E-state index in [4.69, 9.17) is 9.47 Å². The molecule has 1 amide bonds. The number of Topliss-reactive ketones (excluding diaryl/α,β-unsaturated/α-hetero) is 2. The number of ether oxygens (including phenoxy) is 2. The Balaban J connectivity index is 0.990. The zero-order chi connectivity index (χ0) is 55.1. The van der Waals surface area contributed by atoms with Crippen LogP contribution >= 0.6 is 0 Å². The van der Waals surface area contributed by atoms with Crippen LogP contribution < -0.4 is 5.32 Å². The molecule has 10 rings (SSSR count). The first kappa shape index (κ1) is 54.0. The third-order valence-electron chi connectivity index (χ3n) is 25.2. The highest BCUT2D eigenvalue weighted by molar-refractivity contribution is 6.10. The number of nitrogens with one attached hydrogen (secondary N) is 1. The van der Waals surface area contributed by atoms with Crippen LogP contribution in [0.1, 0.15) is 187 Å². The molecule has 14 unspecified atom stereocenters. The predicted molar refractivity (Wildman–Crippen MR) is 287 cm³/mol. The smallest absolute Gasteiger partial charge is 0.312 e. The molecular weight excluding hydrogens is 939 g/mol. The van der Waals surface area contributed by atoms with E-state index in [0.717, 1.165) is 62.5 Å². The van der Waals surface area contributed by atoms with E-state index in [-0.39, 0.29) is 92.7 Å². The lowest BCUT2D eigenvalue weighted by Gasteiger charge is -2.68. The summed E-state index contributed by atoms with van der Waals surface area (Å²) < 4.78 is 11.1. The van der Waals surface area contributed by atoms with Crippen LogP contribution in [0.2, 0.25) is 0 Å². The molecule has 0 spiro atoms. The predicted octanol–water partition coefficient (Wildman–Crippen LogP) is 11.8. The van der Waals surface area contributed by atoms with Crippen molar-refractivity contribution >= 4 is 41.0 Å². The van der Waals surface area contributed by atoms with Crippen LogP contribution in [0.5, 0.6) is 0 Å². The van der Waals surface area contributed by atoms with E-state index >= 15 is 9.59 Å². The van der Waals surface area contributed by atoms with Crippen molar-refractivity contribution in [1.29, 1.82) is 0 Å². The first-order valence-electron chi connectivity index (χ1n) is 28.6. The average molecular weight is 1030 g/mol. The Morgan fingerprint density at radius 3 is 1.36 bits per heavy atom. The molecule has 406 valence electrons. The van der Waals surface area contributed by atoms with Crippen molar-refractivity contribution in [3.05, 3.63) is 46.7 Å². The van der Waals surface area contributed by atoms with Crippen molar-refractivity contribution in [2.24, 2.45) is 100 Å². The van der Waals surface area contributed by atoms with Gasteiger partial charge in [-0.1, -0.05) is 120 Å². The first-order chi connectivity index (χ1) is 34.6. The monoisotopic (exact) mass is 1030 g/mol. The summed E-state index contributed by atoms with van der Waals surface area (Å²) in [6.07, 6.45) is 18.2. The number of hydrogen-bond acceptors (Lipinski definition) is 9. The van der Waals surface area contributed by atoms with Gasteiger partial charge in [0.25, 0.3) is 0 Å². The molecule has 10 nitrogen and oxygen atoms in total. The second-order valence-electron chi connectivity index (χ2n) is 30.3. The van der Waals surface area contributed by atoms with Gasteiger partial charge in [-0.15, -0.1) is 0 Å². The molecule has 0 radical (unpaired) electrons. The Hall–Kier alpha value is -4.39. The van der Waals surface area contributed by atoms with Crippen LogP contribution in [0.15, 0.2) is 46.7 Å². The Morgan fingerprint density at radius 1 is 0.533 bits per heavy atom. The number of hydrogen-bond donors (Lipinski definition) is 1. The maximum atomic E-state index is 15.1. The summed E-state index contributed by atoms with van der Waals surface area (Å²) in [5, 5.41) is 2.92. The number of carbonyl (C=O) groups excluding carboxylic acids is 7. The molecule has 0 aromatic heterocycles. The quantitative estimate of drug-likeness (QED) is 0.215. The van der Waals surface area contributed by atoms with Crippen molar-refractivity contribution in [1.82, 2.24) is 5.32 Å². The van der Waals surface area contributed by atoms with Crippen LogP contribution in [0.3, 0.4) is 0 Å². The minimum absolute atomic E-state index is 0.0266. The highest BCUT2D eigenvalue weighted by Gasteiger charge is 2.73. The van der Waals surface area contributed by atoms with E-state index in [1.807, 2.05) is 52.0 Å². The molecule has 6 saturated carbocycles. The maximum Gasteiger partial charge on any atom is 0.312 e. The molecule has 0 aromatic carbocycles. The molecular formula is C65H87NO9. The van der Waals surface area contributed by atoms with E-state index in [0.29, 0.717) is 38.5 Å². The molecule has 0 bridgehead atoms. The minimum atomic E-state index is -0.904. The normalized spacial score (nSPS) is 45.4. The van der Waals surface area contributed by atoms with Crippen molar-refractivity contribution in [2.75, 3.05) is 14.2 Å². The van der Waals surface area contributed by atoms with E-state index in [1.54, 1.807) is 0 Å². The van der Waals surface area contributed by atoms with Crippen LogP contribution in [-0.4, -0.2) is 55.2 Å². The summed E-state index contributed by atoms with van der Waals surface area (Å²) in [5.74, 6) is 3.12. The summed E-state index contributed by atoms with van der Waals surface area (Å²) >= 11 is 0. The van der Waals surface area contributed by atoms with Crippen LogP contribution in [0.25, 0.3) is 0 Å². The molecule has 1 N–H and O–H groups in total. The largest absolute Gasteiger partial charge is 0.469 e. The fraction of sp³-hybridized carbons (Fsp3) is 0.738. The number of amides is 1. The number of carbonyl (C=O) groups is 7. The number of methoxy groups -OCH3 is 2. The molecule has 0 saturated heterocycles. The fourth-order valence-electron chi connectivity index (χ4n) is 20.7. The van der Waals surface area contributed by atoms with Crippen molar-refractivity contribution in [2.45, 2.75) is 187 Å². The highest BCUT2D eigenvalue weighted by Crippen LogP contribution is 2.77. The summed E-state index contributed by atoms with van der Waals surface area (Å²) in [7, 11) is 2.94. The van der Waals surface area contributed by atoms with E-state index < -0.39 is 60.1 Å². The van der Waals surface area contributed by atoms with Gasteiger partial charge in [0, 0.05) is 39.4 Å². The molecule has 0 aromatic rings. The van der Waals surface area contributed by atoms with Gasteiger partial charge in [-0.05, 0) is 164 Å². The molecule has 14 atom stereocenters. The zero-order valence-corrected chi connectivity index (χ0v) is 48.3. The SMILES string of the molecule is COC(=O)C12CCC(C)(C)CC1C1C(=O)C=C3C4(C)C=C(C#CC(=O)NC5=CC6(C)C7=CC(=O)C8C9CC(C)(C)CCC9(C(=O)OC)CCC8(C)C7(C)CCC6C(C)(C)C5=O)C(=O)C(C)(C)C4CCC3(C)C1(C)CC2. The molecule has 6 fully saturated rings. The zero-order valence-electron chi connectivity index (χ0n) is 48.3. The average Bonchev–Trinajstić information content (AvgIpc) is 3.32. The third kappa shape index (κ3) is 6.91. The summed E-state index contributed by atoms with van der Waals surface area (Å²) in [6.45, 7) is 30.3. The lowest BCUT2D eigenvalue weighted by atomic mass is 9.34. The topological polar surface area (TPSA) is 150 Å². The van der Waals surface area contributed by atoms with Gasteiger partial charge in [-0.25, -0.2) is 0 Å². The first-order valence-corrected chi connectivity index (χ1v) is 28.6. The Morgan fingerprint density at radius 2 is 0.933 bits per heavy atom. The van der Waals surface area contributed by atoms with Crippen molar-refractivity contribution in [3.8, 4) is 11.8 Å². The standard InChI is InChI=1S/C65H87NO9/c1-54(2)23-27-64(52(72)74-15)29-25-62(13)48(38(64)34-54)41(67)31-45-58(9)33-37(50(70)56(5,6)43(58)19-21-60(45,62)11)17-18-47(69)66-40-36-59(10)44(57(7,8)51(40)71)20-22-61(12)46(59)32-42(68)49-39-35-55(3,4)24-28-65(39,53(73)75-16)30-26-63(49,61)14/h31-33,36,38-39,43-44,48-49H,19-30,34-35H2,1-16H3,(H,66,69). The molecule has 0 aliphatic heterocycles. The summed E-state index contributed by atoms with van der Waals surface area (Å²) in [6, 6.07) is 0. The van der Waals surface area contributed by atoms with Gasteiger partial charge in [0.05, 0.1) is 36.3 Å². The Bertz CT molecular complexity index is 2840. The molecule has 10 aliphatic rings. The molecule has 75 heavy (non-hydrogen) atoms. The van der Waals surface area contributed by atoms with Crippen LogP contribution in [0.4, 0.5) is 0 Å². The van der Waals surface area contributed by atoms with Gasteiger partial charge in [-0.3, -0.25) is 33.6 Å². The number of esters is 2. The van der Waals surface area contributed by atoms with Gasteiger partial charge in [-0.2, -0.15) is 0 Å². The van der Waals surface area contributed by atoms with E-state index in [9.17, 15) is 24.0 Å². The number of fused-ring (bicyclic) bond motifs is 14. The van der Waals surface area contributed by atoms with E-state index in [2.05, 4.69) is 86.4 Å². The highest BCUT2D eigenvalue weighted by atomic mass is 16.5. The summed E-state index contributed by atoms with van der Waals surface area (Å²) in [5.41, 5.74) is -4.18. The molecule has 0 heterocycles. The van der Waals surface area contributed by atoms with Gasteiger partial charge >= 0.3 is 17.8 Å². The van der Waals surface area contributed by atoms with Crippen LogP contribution in [0, 0.1) is 112 Å². The fourth-order valence-corrected chi connectivity index (χ4v) is 20.7. The molecule has 10 heteroatoms. The van der Waals surface area contributed by atoms with E-state index in [1.165, 1.54) is 14.2 Å². The maximum absolute atomic E-state index is 15.1. The van der Waals surface area contributed by atoms with Crippen molar-refractivity contribution in [3.63, 3.8) is 0 Å². The lowest BCUT2D eigenvalue weighted by molar-refractivity contribution is -0.192. The number of allylic oxidation sites excluding steroid dienone is 8. The molecule has 10 aliphatic carbocycles. The van der Waals surface area contributed by atoms with Gasteiger partial charge in [0.15, 0.2) is 23.1 Å². The van der Waals surface area contributed by atoms with Gasteiger partial charge in [0.2, 0.25) is 0 Å². The third-order valence-corrected chi connectivity index (χ3v) is 25.2. The Kier molecular flexibility index (Phi) is 11.8. The number of ketones is 4. The second kappa shape index (κ2) is 16.3. The summed E-state index contributed by atoms with van der Waals surface area (Å²) in [4.78, 5) is 102. The minimum Gasteiger partial charge on any atom is -0.469 e. The Labute approximate surface area is 447 Å². The van der Waals surface area contributed by atoms with Crippen molar-refractivity contribution < 1.29 is 43.0 Å². The van der Waals surface area contributed by atoms with Crippen LogP contribution in [-0.2, 0) is 43.0 Å². The van der Waals surface area contributed by atoms with Gasteiger partial charge in [0.1, 0.15) is 0 Å². The second-order valence-corrected chi connectivity index (χ2v) is 30.3. The number of rotatable bonds is 3. The lowest BCUT2D eigenvalue weighted by Crippen LogP contribution is -2.66.